The second-order valence-electron chi connectivity index (χ2n) is 4.84. The number of nitrogens with zero attached hydrogens (tertiary/aromatic N) is 1. The molecule has 3 nitrogen and oxygen atoms in total. The van der Waals surface area contributed by atoms with Gasteiger partial charge in [-0.1, -0.05) is 13.8 Å². The van der Waals surface area contributed by atoms with E-state index in [0.717, 1.165) is 43.7 Å². The highest BCUT2D eigenvalue weighted by Gasteiger charge is 2.10. The maximum Gasteiger partial charge on any atom is 0.120 e. The standard InChI is InChI=1S/C15H22N2OS/c1-3-11(2)15-17-13-7-6-12(10-14(13)19-15)18-9-5-4-8-16/h6-7,10-11H,3-5,8-9,16H2,1-2H3. The Balaban J connectivity index is 2.07. The van der Waals surface area contributed by atoms with Crippen molar-refractivity contribution in [3.8, 4) is 5.75 Å². The van der Waals surface area contributed by atoms with E-state index in [-0.39, 0.29) is 0 Å². The van der Waals surface area contributed by atoms with Crippen LogP contribution in [0.2, 0.25) is 0 Å². The third-order valence-electron chi connectivity index (χ3n) is 3.28. The van der Waals surface area contributed by atoms with Crippen LogP contribution in [0.25, 0.3) is 10.2 Å². The summed E-state index contributed by atoms with van der Waals surface area (Å²) in [6.45, 7) is 5.89. The fraction of sp³-hybridized carbons (Fsp3) is 0.533. The van der Waals surface area contributed by atoms with Crippen LogP contribution >= 0.6 is 11.3 Å². The Bertz CT molecular complexity index is 524. The first kappa shape index (κ1) is 14.3. The average molecular weight is 278 g/mol. The molecule has 1 aromatic carbocycles. The lowest BCUT2D eigenvalue weighted by Gasteiger charge is -2.04. The second kappa shape index (κ2) is 6.87. The Morgan fingerprint density at radius 1 is 1.37 bits per heavy atom. The molecular weight excluding hydrogens is 256 g/mol. The number of aromatic nitrogens is 1. The van der Waals surface area contributed by atoms with Gasteiger partial charge in [0.15, 0.2) is 0 Å². The summed E-state index contributed by atoms with van der Waals surface area (Å²) in [5.41, 5.74) is 6.54. The van der Waals surface area contributed by atoms with Crippen LogP contribution in [0.3, 0.4) is 0 Å². The molecule has 4 heteroatoms. The number of unbranched alkanes of at least 4 members (excludes halogenated alkanes) is 1. The van der Waals surface area contributed by atoms with Gasteiger partial charge in [0.2, 0.25) is 0 Å². The number of hydrogen-bond acceptors (Lipinski definition) is 4. The molecule has 19 heavy (non-hydrogen) atoms. The molecule has 2 N–H and O–H groups in total. The summed E-state index contributed by atoms with van der Waals surface area (Å²) in [6.07, 6.45) is 3.15. The Labute approximate surface area is 118 Å². The maximum atomic E-state index is 5.74. The topological polar surface area (TPSA) is 48.1 Å². The van der Waals surface area contributed by atoms with E-state index < -0.39 is 0 Å². The minimum Gasteiger partial charge on any atom is -0.494 e. The maximum absolute atomic E-state index is 5.74. The lowest BCUT2D eigenvalue weighted by molar-refractivity contribution is 0.308. The molecule has 0 amide bonds. The van der Waals surface area contributed by atoms with Crippen molar-refractivity contribution in [2.45, 2.75) is 39.0 Å². The fourth-order valence-electron chi connectivity index (χ4n) is 1.83. The van der Waals surface area contributed by atoms with Gasteiger partial charge in [-0.3, -0.25) is 0 Å². The van der Waals surface area contributed by atoms with Crippen molar-refractivity contribution in [3.05, 3.63) is 23.2 Å². The van der Waals surface area contributed by atoms with Gasteiger partial charge < -0.3 is 10.5 Å². The monoisotopic (exact) mass is 278 g/mol. The largest absolute Gasteiger partial charge is 0.494 e. The summed E-state index contributed by atoms with van der Waals surface area (Å²) in [5.74, 6) is 1.47. The van der Waals surface area contributed by atoms with Crippen molar-refractivity contribution in [2.75, 3.05) is 13.2 Å². The van der Waals surface area contributed by atoms with Crippen LogP contribution < -0.4 is 10.5 Å². The molecule has 0 aliphatic carbocycles. The molecule has 1 heterocycles. The van der Waals surface area contributed by atoms with Gasteiger partial charge >= 0.3 is 0 Å². The molecule has 0 saturated heterocycles. The zero-order valence-electron chi connectivity index (χ0n) is 11.7. The Kier molecular flexibility index (Phi) is 5.16. The average Bonchev–Trinajstić information content (AvgIpc) is 2.85. The predicted molar refractivity (Wildman–Crippen MR) is 82.1 cm³/mol. The third-order valence-corrected chi connectivity index (χ3v) is 4.53. The van der Waals surface area contributed by atoms with Gasteiger partial charge in [0.1, 0.15) is 5.75 Å². The molecular formula is C15H22N2OS. The lowest BCUT2D eigenvalue weighted by atomic mass is 10.1. The molecule has 0 fully saturated rings. The van der Waals surface area contributed by atoms with Crippen molar-refractivity contribution in [1.82, 2.24) is 4.98 Å². The van der Waals surface area contributed by atoms with Crippen LogP contribution in [0.1, 0.15) is 44.0 Å². The van der Waals surface area contributed by atoms with Gasteiger partial charge in [-0.25, -0.2) is 4.98 Å². The van der Waals surface area contributed by atoms with Crippen LogP contribution in [-0.2, 0) is 0 Å². The van der Waals surface area contributed by atoms with Gasteiger partial charge in [0.05, 0.1) is 21.8 Å². The molecule has 0 radical (unpaired) electrons. The van der Waals surface area contributed by atoms with Gasteiger partial charge in [-0.15, -0.1) is 11.3 Å². The molecule has 1 aromatic heterocycles. The third kappa shape index (κ3) is 3.67. The van der Waals surface area contributed by atoms with E-state index in [4.69, 9.17) is 10.5 Å². The molecule has 1 unspecified atom stereocenters. The highest BCUT2D eigenvalue weighted by molar-refractivity contribution is 7.18. The van der Waals surface area contributed by atoms with Gasteiger partial charge in [0.25, 0.3) is 0 Å². The van der Waals surface area contributed by atoms with E-state index in [0.29, 0.717) is 5.92 Å². The molecule has 1 atom stereocenters. The predicted octanol–water partition coefficient (Wildman–Crippen LogP) is 3.93. The van der Waals surface area contributed by atoms with E-state index in [1.54, 1.807) is 11.3 Å². The summed E-state index contributed by atoms with van der Waals surface area (Å²) in [4.78, 5) is 4.68. The Morgan fingerprint density at radius 2 is 2.21 bits per heavy atom. The Morgan fingerprint density at radius 3 is 2.95 bits per heavy atom. The van der Waals surface area contributed by atoms with E-state index >= 15 is 0 Å². The number of thiazole rings is 1. The molecule has 0 aliphatic heterocycles. The number of fused-ring (bicyclic) bond motifs is 1. The fourth-order valence-corrected chi connectivity index (χ4v) is 2.96. The first-order valence-corrected chi connectivity index (χ1v) is 7.79. The SMILES string of the molecule is CCC(C)c1nc2ccc(OCCCCN)cc2s1. The summed E-state index contributed by atoms with van der Waals surface area (Å²) >= 11 is 1.78. The highest BCUT2D eigenvalue weighted by atomic mass is 32.1. The Hall–Kier alpha value is -1.13. The van der Waals surface area contributed by atoms with Crippen LogP contribution in [0, 0.1) is 0 Å². The van der Waals surface area contributed by atoms with Crippen LogP contribution in [-0.4, -0.2) is 18.1 Å². The zero-order chi connectivity index (χ0) is 13.7. The molecule has 2 aromatic rings. The molecule has 0 spiro atoms. The molecule has 0 saturated carbocycles. The summed E-state index contributed by atoms with van der Waals surface area (Å²) in [5, 5.41) is 1.22. The quantitative estimate of drug-likeness (QED) is 0.781. The lowest BCUT2D eigenvalue weighted by Crippen LogP contribution is -2.03. The number of rotatable bonds is 7. The first-order valence-electron chi connectivity index (χ1n) is 6.98. The molecule has 104 valence electrons. The number of hydrogen-bond donors (Lipinski definition) is 1. The van der Waals surface area contributed by atoms with E-state index in [9.17, 15) is 0 Å². The van der Waals surface area contributed by atoms with Crippen molar-refractivity contribution in [2.24, 2.45) is 5.73 Å². The normalized spacial score (nSPS) is 12.8. The van der Waals surface area contributed by atoms with Crippen molar-refractivity contribution in [1.29, 1.82) is 0 Å². The number of nitrogens with two attached hydrogens (primary N) is 1. The van der Waals surface area contributed by atoms with Crippen molar-refractivity contribution < 1.29 is 4.74 Å². The summed E-state index contributed by atoms with van der Waals surface area (Å²) in [7, 11) is 0. The smallest absolute Gasteiger partial charge is 0.120 e. The van der Waals surface area contributed by atoms with Gasteiger partial charge in [-0.2, -0.15) is 0 Å². The minimum absolute atomic E-state index is 0.534. The molecule has 0 aliphatic rings. The van der Waals surface area contributed by atoms with Crippen LogP contribution in [0.5, 0.6) is 5.75 Å². The summed E-state index contributed by atoms with van der Waals surface area (Å²) in [6, 6.07) is 6.15. The first-order chi connectivity index (χ1) is 9.24. The number of benzene rings is 1. The van der Waals surface area contributed by atoms with E-state index in [1.807, 2.05) is 6.07 Å². The minimum atomic E-state index is 0.534. The highest BCUT2D eigenvalue weighted by Crippen LogP contribution is 2.31. The molecule has 0 bridgehead atoms. The number of ether oxygens (including phenoxy) is 1. The zero-order valence-corrected chi connectivity index (χ0v) is 12.5. The van der Waals surface area contributed by atoms with Crippen molar-refractivity contribution >= 4 is 21.6 Å². The van der Waals surface area contributed by atoms with Gasteiger partial charge in [-0.05, 0) is 44.0 Å². The van der Waals surface area contributed by atoms with E-state index in [2.05, 4.69) is 31.0 Å². The van der Waals surface area contributed by atoms with Crippen LogP contribution in [0.15, 0.2) is 18.2 Å². The van der Waals surface area contributed by atoms with Crippen LogP contribution in [0.4, 0.5) is 0 Å². The van der Waals surface area contributed by atoms with Crippen molar-refractivity contribution in [3.63, 3.8) is 0 Å². The second-order valence-corrected chi connectivity index (χ2v) is 5.90. The van der Waals surface area contributed by atoms with Gasteiger partial charge in [0, 0.05) is 5.92 Å². The summed E-state index contributed by atoms with van der Waals surface area (Å²) < 4.78 is 6.95. The molecule has 2 rings (SSSR count). The van der Waals surface area contributed by atoms with E-state index in [1.165, 1.54) is 9.71 Å².